The van der Waals surface area contributed by atoms with Crippen LogP contribution < -0.4 is 10.5 Å². The lowest BCUT2D eigenvalue weighted by Crippen LogP contribution is -2.08. The van der Waals surface area contributed by atoms with Crippen molar-refractivity contribution in [3.8, 4) is 5.75 Å². The summed E-state index contributed by atoms with van der Waals surface area (Å²) in [5.41, 5.74) is 4.94. The van der Waals surface area contributed by atoms with E-state index in [1.165, 1.54) is 0 Å². The van der Waals surface area contributed by atoms with Crippen molar-refractivity contribution < 1.29 is 22.3 Å². The Morgan fingerprint density at radius 3 is 2.50 bits per heavy atom. The number of hydrogen-bond acceptors (Lipinski definition) is 3. The molecule has 0 amide bonds. The van der Waals surface area contributed by atoms with Crippen molar-refractivity contribution in [2.45, 2.75) is 6.61 Å². The lowest BCUT2D eigenvalue weighted by atomic mass is 10.1. The van der Waals surface area contributed by atoms with Crippen molar-refractivity contribution in [2.75, 3.05) is 0 Å². The second-order valence-electron chi connectivity index (χ2n) is 2.70. The quantitative estimate of drug-likeness (QED) is 0.641. The van der Waals surface area contributed by atoms with Gasteiger partial charge < -0.3 is 10.5 Å². The summed E-state index contributed by atoms with van der Waals surface area (Å²) in [5.74, 6) is -3.68. The highest BCUT2D eigenvalue weighted by Crippen LogP contribution is 2.28. The topological polar surface area (TPSA) is 35.2 Å². The molecule has 0 aliphatic heterocycles. The van der Waals surface area contributed by atoms with E-state index < -0.39 is 24.0 Å². The molecule has 0 saturated heterocycles. The molecular weight excluding hydrogens is 246 g/mol. The van der Waals surface area contributed by atoms with E-state index in [1.807, 2.05) is 0 Å². The Labute approximate surface area is 94.1 Å². The number of hydrogen-bond donors (Lipinski definition) is 2. The summed E-state index contributed by atoms with van der Waals surface area (Å²) in [4.78, 5) is 0. The van der Waals surface area contributed by atoms with Gasteiger partial charge in [-0.2, -0.15) is 8.78 Å². The maximum Gasteiger partial charge on any atom is 0.387 e. The average Bonchev–Trinajstić information content (AvgIpc) is 2.23. The summed E-state index contributed by atoms with van der Waals surface area (Å²) in [6.45, 7) is -3.32. The van der Waals surface area contributed by atoms with E-state index in [0.717, 1.165) is 17.5 Å². The van der Waals surface area contributed by atoms with Crippen LogP contribution in [-0.4, -0.2) is 6.61 Å². The predicted molar refractivity (Wildman–Crippen MR) is 54.1 cm³/mol. The van der Waals surface area contributed by atoms with E-state index in [2.05, 4.69) is 17.4 Å². The second-order valence-corrected chi connectivity index (χ2v) is 2.96. The van der Waals surface area contributed by atoms with Crippen molar-refractivity contribution in [3.63, 3.8) is 0 Å². The normalized spacial score (nSPS) is 12.0. The molecule has 0 radical (unpaired) electrons. The number of halogens is 4. The molecule has 1 rings (SSSR count). The molecule has 0 aliphatic carbocycles. The third-order valence-corrected chi connectivity index (χ3v) is 1.98. The average molecular weight is 253 g/mol. The Morgan fingerprint density at radius 2 is 2.00 bits per heavy atom. The monoisotopic (exact) mass is 253 g/mol. The largest absolute Gasteiger partial charge is 0.429 e. The second kappa shape index (κ2) is 5.11. The number of nitrogens with two attached hydrogens (primary N) is 1. The molecule has 2 nitrogen and oxygen atoms in total. The molecule has 0 aromatic heterocycles. The Hall–Kier alpha value is -1.37. The molecule has 0 aliphatic rings. The van der Waals surface area contributed by atoms with Crippen LogP contribution in [0.25, 0.3) is 5.70 Å². The van der Waals surface area contributed by atoms with Gasteiger partial charge in [-0.05, 0) is 17.5 Å². The number of thiol groups is 1. The van der Waals surface area contributed by atoms with E-state index in [9.17, 15) is 17.6 Å². The number of benzene rings is 1. The summed E-state index contributed by atoms with van der Waals surface area (Å²) < 4.78 is 53.9. The highest BCUT2D eigenvalue weighted by molar-refractivity contribution is 7.83. The van der Waals surface area contributed by atoms with Gasteiger partial charge in [-0.15, -0.1) is 12.6 Å². The first kappa shape index (κ1) is 12.7. The lowest BCUT2D eigenvalue weighted by molar-refractivity contribution is -0.0546. The maximum absolute atomic E-state index is 13.5. The molecule has 0 atom stereocenters. The molecule has 1 aromatic rings. The highest BCUT2D eigenvalue weighted by atomic mass is 32.1. The Bertz CT molecular complexity index is 422. The van der Waals surface area contributed by atoms with Crippen molar-refractivity contribution in [1.82, 2.24) is 0 Å². The molecule has 1 aromatic carbocycles. The number of ether oxygens (including phenoxy) is 1. The zero-order chi connectivity index (χ0) is 12.3. The van der Waals surface area contributed by atoms with Gasteiger partial charge in [0.25, 0.3) is 0 Å². The van der Waals surface area contributed by atoms with Gasteiger partial charge in [-0.3, -0.25) is 0 Å². The summed E-state index contributed by atoms with van der Waals surface area (Å²) >= 11 is 3.67. The van der Waals surface area contributed by atoms with Gasteiger partial charge in [0.1, 0.15) is 0 Å². The smallest absolute Gasteiger partial charge is 0.387 e. The van der Waals surface area contributed by atoms with E-state index >= 15 is 0 Å². The SMILES string of the molecule is N/C(=C\S)c1ccc(F)c(OC(F)F)c1F. The van der Waals surface area contributed by atoms with Crippen molar-refractivity contribution in [3.05, 3.63) is 34.7 Å². The fourth-order valence-electron chi connectivity index (χ4n) is 1.02. The van der Waals surface area contributed by atoms with Crippen LogP contribution in [0.2, 0.25) is 0 Å². The minimum absolute atomic E-state index is 0.125. The molecule has 16 heavy (non-hydrogen) atoms. The zero-order valence-electron chi connectivity index (χ0n) is 7.75. The van der Waals surface area contributed by atoms with Crippen LogP contribution in [-0.2, 0) is 0 Å². The molecule has 88 valence electrons. The Morgan fingerprint density at radius 1 is 1.38 bits per heavy atom. The molecule has 0 saturated carbocycles. The Balaban J connectivity index is 3.27. The van der Waals surface area contributed by atoms with E-state index in [0.29, 0.717) is 0 Å². The zero-order valence-corrected chi connectivity index (χ0v) is 8.65. The van der Waals surface area contributed by atoms with Gasteiger partial charge in [0.15, 0.2) is 17.4 Å². The number of rotatable bonds is 3. The highest BCUT2D eigenvalue weighted by Gasteiger charge is 2.19. The first-order valence-corrected chi connectivity index (χ1v) is 4.52. The van der Waals surface area contributed by atoms with Gasteiger partial charge in [0.05, 0.1) is 0 Å². The molecule has 0 unspecified atom stereocenters. The molecule has 0 fully saturated rings. The lowest BCUT2D eigenvalue weighted by Gasteiger charge is -2.10. The van der Waals surface area contributed by atoms with Crippen molar-refractivity contribution in [2.24, 2.45) is 5.73 Å². The first-order chi connectivity index (χ1) is 7.47. The fraction of sp³-hybridized carbons (Fsp3) is 0.111. The van der Waals surface area contributed by atoms with E-state index in [-0.39, 0.29) is 11.3 Å². The molecular formula is C9H7F4NOS. The van der Waals surface area contributed by atoms with E-state index in [1.54, 1.807) is 0 Å². The van der Waals surface area contributed by atoms with Crippen LogP contribution in [0, 0.1) is 11.6 Å². The standard InChI is InChI=1S/C9H7F4NOS/c10-5-2-1-4(6(14)3-16)7(11)8(5)15-9(12)13/h1-3,9,16H,14H2/b6-3-. The van der Waals surface area contributed by atoms with Crippen LogP contribution >= 0.6 is 12.6 Å². The van der Waals surface area contributed by atoms with Gasteiger partial charge in [0.2, 0.25) is 0 Å². The summed E-state index contributed by atoms with van der Waals surface area (Å²) in [7, 11) is 0. The van der Waals surface area contributed by atoms with E-state index in [4.69, 9.17) is 5.73 Å². The maximum atomic E-state index is 13.5. The van der Waals surface area contributed by atoms with Crippen molar-refractivity contribution in [1.29, 1.82) is 0 Å². The minimum Gasteiger partial charge on any atom is -0.429 e. The van der Waals surface area contributed by atoms with Gasteiger partial charge >= 0.3 is 6.61 Å². The van der Waals surface area contributed by atoms with Gasteiger partial charge in [-0.25, -0.2) is 8.78 Å². The van der Waals surface area contributed by atoms with Crippen LogP contribution in [0.1, 0.15) is 5.56 Å². The molecule has 2 N–H and O–H groups in total. The molecule has 0 heterocycles. The van der Waals surface area contributed by atoms with Crippen LogP contribution in [0.3, 0.4) is 0 Å². The molecule has 0 bridgehead atoms. The Kier molecular flexibility index (Phi) is 4.05. The predicted octanol–water partition coefficient (Wildman–Crippen LogP) is 2.75. The fourth-order valence-corrected chi connectivity index (χ4v) is 1.16. The van der Waals surface area contributed by atoms with Crippen molar-refractivity contribution >= 4 is 18.3 Å². The third-order valence-electron chi connectivity index (χ3n) is 1.71. The van der Waals surface area contributed by atoms with Gasteiger partial charge in [0, 0.05) is 11.3 Å². The van der Waals surface area contributed by atoms with Crippen LogP contribution in [0.4, 0.5) is 17.6 Å². The van der Waals surface area contributed by atoms with Gasteiger partial charge in [-0.1, -0.05) is 0 Å². The minimum atomic E-state index is -3.32. The van der Waals surface area contributed by atoms with Crippen LogP contribution in [0.15, 0.2) is 17.5 Å². The van der Waals surface area contributed by atoms with Crippen LogP contribution in [0.5, 0.6) is 5.75 Å². The molecule has 0 spiro atoms. The third kappa shape index (κ3) is 2.60. The first-order valence-electron chi connectivity index (χ1n) is 4.00. The number of alkyl halides is 2. The summed E-state index contributed by atoms with van der Waals surface area (Å²) in [5, 5.41) is 1.06. The summed E-state index contributed by atoms with van der Waals surface area (Å²) in [6, 6.07) is 1.78. The summed E-state index contributed by atoms with van der Waals surface area (Å²) in [6.07, 6.45) is 0. The molecule has 7 heteroatoms.